The molecule has 1 saturated carbocycles. The van der Waals surface area contributed by atoms with Gasteiger partial charge in [-0.15, -0.1) is 0 Å². The van der Waals surface area contributed by atoms with E-state index in [0.717, 1.165) is 19.4 Å². The highest BCUT2D eigenvalue weighted by molar-refractivity contribution is 5.92. The predicted molar refractivity (Wildman–Crippen MR) is 70.5 cm³/mol. The number of rotatable bonds is 5. The van der Waals surface area contributed by atoms with Crippen LogP contribution in [-0.4, -0.2) is 40.4 Å². The van der Waals surface area contributed by atoms with Crippen LogP contribution in [-0.2, 0) is 0 Å². The summed E-state index contributed by atoms with van der Waals surface area (Å²) in [6.07, 6.45) is 5.37. The summed E-state index contributed by atoms with van der Waals surface area (Å²) in [5.41, 5.74) is 0.425. The highest BCUT2D eigenvalue weighted by Crippen LogP contribution is 2.28. The first-order chi connectivity index (χ1) is 8.61. The lowest BCUT2D eigenvalue weighted by Crippen LogP contribution is -2.36. The molecule has 1 aromatic heterocycles. The highest BCUT2D eigenvalue weighted by Gasteiger charge is 2.33. The zero-order valence-corrected chi connectivity index (χ0v) is 11.2. The van der Waals surface area contributed by atoms with Gasteiger partial charge in [-0.05, 0) is 18.8 Å². The molecule has 0 spiro atoms. The molecule has 0 atom stereocenters. The second kappa shape index (κ2) is 5.33. The molecule has 98 valence electrons. The van der Waals surface area contributed by atoms with Gasteiger partial charge in [0.15, 0.2) is 0 Å². The number of hydrogen-bond acceptors (Lipinski definition) is 4. The summed E-state index contributed by atoms with van der Waals surface area (Å²) in [5.74, 6) is 1.09. The Morgan fingerprint density at radius 3 is 2.78 bits per heavy atom. The lowest BCUT2D eigenvalue weighted by molar-refractivity contribution is 0.0716. The second-order valence-electron chi connectivity index (χ2n) is 5.12. The lowest BCUT2D eigenvalue weighted by Gasteiger charge is -2.24. The molecule has 5 nitrogen and oxygen atoms in total. The van der Waals surface area contributed by atoms with Crippen molar-refractivity contribution in [1.29, 1.82) is 0 Å². The number of amides is 1. The minimum Gasteiger partial charge on any atom is -0.372 e. The van der Waals surface area contributed by atoms with Gasteiger partial charge >= 0.3 is 0 Å². The molecule has 5 heteroatoms. The lowest BCUT2D eigenvalue weighted by atomic mass is 10.2. The molecule has 1 N–H and O–H groups in total. The summed E-state index contributed by atoms with van der Waals surface area (Å²) in [4.78, 5) is 22.7. The van der Waals surface area contributed by atoms with Gasteiger partial charge in [-0.1, -0.05) is 13.8 Å². The van der Waals surface area contributed by atoms with Crippen LogP contribution in [0.15, 0.2) is 12.4 Å². The normalized spacial score (nSPS) is 14.7. The molecule has 1 heterocycles. The van der Waals surface area contributed by atoms with E-state index in [-0.39, 0.29) is 5.91 Å². The van der Waals surface area contributed by atoms with E-state index >= 15 is 0 Å². The van der Waals surface area contributed by atoms with Crippen LogP contribution < -0.4 is 5.32 Å². The summed E-state index contributed by atoms with van der Waals surface area (Å²) in [7, 11) is 1.77. The zero-order valence-electron chi connectivity index (χ0n) is 11.2. The van der Waals surface area contributed by atoms with Gasteiger partial charge in [0.1, 0.15) is 11.5 Å². The third-order valence-corrected chi connectivity index (χ3v) is 2.92. The molecule has 0 unspecified atom stereocenters. The van der Waals surface area contributed by atoms with Gasteiger partial charge in [-0.25, -0.2) is 4.98 Å². The molecule has 1 aliphatic carbocycles. The molecule has 0 saturated heterocycles. The topological polar surface area (TPSA) is 58.1 Å². The molecular weight excluding hydrogens is 228 g/mol. The van der Waals surface area contributed by atoms with Gasteiger partial charge in [0.2, 0.25) is 0 Å². The quantitative estimate of drug-likeness (QED) is 0.863. The number of aromatic nitrogens is 2. The van der Waals surface area contributed by atoms with Gasteiger partial charge in [-0.2, -0.15) is 0 Å². The molecular formula is C13H20N4O. The summed E-state index contributed by atoms with van der Waals surface area (Å²) in [6.45, 7) is 5.03. The van der Waals surface area contributed by atoms with Crippen molar-refractivity contribution in [2.45, 2.75) is 32.7 Å². The molecule has 0 aliphatic heterocycles. The molecule has 18 heavy (non-hydrogen) atoms. The summed E-state index contributed by atoms with van der Waals surface area (Å²) >= 11 is 0. The highest BCUT2D eigenvalue weighted by atomic mass is 16.2. The number of carbonyl (C=O) groups is 1. The molecule has 2 rings (SSSR count). The average molecular weight is 248 g/mol. The summed E-state index contributed by atoms with van der Waals surface area (Å²) in [5, 5.41) is 2.90. The Hall–Kier alpha value is -1.65. The van der Waals surface area contributed by atoms with Crippen LogP contribution in [0.5, 0.6) is 0 Å². The number of nitrogens with zero attached hydrogens (tertiary/aromatic N) is 3. The van der Waals surface area contributed by atoms with Gasteiger partial charge < -0.3 is 10.2 Å². The summed E-state index contributed by atoms with van der Waals surface area (Å²) < 4.78 is 0. The molecule has 1 aromatic rings. The predicted octanol–water partition coefficient (Wildman–Crippen LogP) is 1.78. The fourth-order valence-electron chi connectivity index (χ4n) is 1.91. The Labute approximate surface area is 108 Å². The number of hydrogen-bond donors (Lipinski definition) is 1. The molecule has 1 amide bonds. The molecule has 0 aromatic carbocycles. The standard InChI is InChI=1S/C13H20N4O/c1-9(2)8-17(10-4-5-10)13(18)11-6-15-7-12(14-3)16-11/h6-7,9-10H,4-5,8H2,1-3H3,(H,14,16). The van der Waals surface area contributed by atoms with Crippen LogP contribution in [0.2, 0.25) is 0 Å². The molecule has 1 aliphatic rings. The van der Waals surface area contributed by atoms with Crippen LogP contribution in [0.4, 0.5) is 5.82 Å². The fourth-order valence-corrected chi connectivity index (χ4v) is 1.91. The van der Waals surface area contributed by atoms with E-state index in [2.05, 4.69) is 29.1 Å². The van der Waals surface area contributed by atoms with E-state index in [9.17, 15) is 4.79 Å². The second-order valence-corrected chi connectivity index (χ2v) is 5.12. The largest absolute Gasteiger partial charge is 0.372 e. The maximum atomic E-state index is 12.4. The van der Waals surface area contributed by atoms with Crippen molar-refractivity contribution in [2.75, 3.05) is 18.9 Å². The van der Waals surface area contributed by atoms with Crippen molar-refractivity contribution in [3.8, 4) is 0 Å². The van der Waals surface area contributed by atoms with Crippen molar-refractivity contribution in [2.24, 2.45) is 5.92 Å². The van der Waals surface area contributed by atoms with Crippen LogP contribution in [0.25, 0.3) is 0 Å². The van der Waals surface area contributed by atoms with E-state index in [1.54, 1.807) is 19.4 Å². The van der Waals surface area contributed by atoms with Crippen LogP contribution in [0.3, 0.4) is 0 Å². The number of anilines is 1. The van der Waals surface area contributed by atoms with Crippen LogP contribution in [0.1, 0.15) is 37.2 Å². The third-order valence-electron chi connectivity index (χ3n) is 2.92. The maximum absolute atomic E-state index is 12.4. The Morgan fingerprint density at radius 1 is 1.50 bits per heavy atom. The van der Waals surface area contributed by atoms with Crippen LogP contribution >= 0.6 is 0 Å². The Balaban J connectivity index is 2.16. The number of nitrogens with one attached hydrogen (secondary N) is 1. The van der Waals surface area contributed by atoms with E-state index in [1.165, 1.54) is 0 Å². The van der Waals surface area contributed by atoms with Crippen molar-refractivity contribution in [3.05, 3.63) is 18.1 Å². The monoisotopic (exact) mass is 248 g/mol. The van der Waals surface area contributed by atoms with E-state index in [0.29, 0.717) is 23.5 Å². The first-order valence-electron chi connectivity index (χ1n) is 6.42. The fraction of sp³-hybridized carbons (Fsp3) is 0.615. The average Bonchev–Trinajstić information content (AvgIpc) is 3.19. The minimum absolute atomic E-state index is 0.00389. The smallest absolute Gasteiger partial charge is 0.274 e. The van der Waals surface area contributed by atoms with E-state index < -0.39 is 0 Å². The summed E-state index contributed by atoms with van der Waals surface area (Å²) in [6, 6.07) is 0.403. The third kappa shape index (κ3) is 2.97. The minimum atomic E-state index is -0.00389. The van der Waals surface area contributed by atoms with Gasteiger partial charge in [0.05, 0.1) is 12.4 Å². The Bertz CT molecular complexity index is 429. The maximum Gasteiger partial charge on any atom is 0.274 e. The first kappa shape index (κ1) is 12.8. The van der Waals surface area contributed by atoms with Gasteiger partial charge in [0.25, 0.3) is 5.91 Å². The molecule has 0 radical (unpaired) electrons. The number of carbonyl (C=O) groups excluding carboxylic acids is 1. The van der Waals surface area contributed by atoms with Crippen molar-refractivity contribution in [3.63, 3.8) is 0 Å². The Kier molecular flexibility index (Phi) is 3.79. The van der Waals surface area contributed by atoms with E-state index in [1.807, 2.05) is 4.90 Å². The zero-order chi connectivity index (χ0) is 13.1. The van der Waals surface area contributed by atoms with Gasteiger partial charge in [0, 0.05) is 19.6 Å². The van der Waals surface area contributed by atoms with Crippen LogP contribution in [0, 0.1) is 5.92 Å². The van der Waals surface area contributed by atoms with Gasteiger partial charge in [-0.3, -0.25) is 9.78 Å². The SMILES string of the molecule is CNc1cncc(C(=O)N(CC(C)C)C2CC2)n1. The Morgan fingerprint density at radius 2 is 2.22 bits per heavy atom. The molecule has 0 bridgehead atoms. The van der Waals surface area contributed by atoms with Crippen molar-refractivity contribution in [1.82, 2.24) is 14.9 Å². The van der Waals surface area contributed by atoms with Crippen molar-refractivity contribution < 1.29 is 4.79 Å². The molecule has 1 fully saturated rings. The first-order valence-corrected chi connectivity index (χ1v) is 6.42. The van der Waals surface area contributed by atoms with E-state index in [4.69, 9.17) is 0 Å². The van der Waals surface area contributed by atoms with Crippen molar-refractivity contribution >= 4 is 11.7 Å².